The van der Waals surface area contributed by atoms with Crippen LogP contribution < -0.4 is 10.2 Å². The molecule has 0 bridgehead atoms. The zero-order valence-electron chi connectivity index (χ0n) is 15.7. The van der Waals surface area contributed by atoms with Crippen molar-refractivity contribution >= 4 is 17.5 Å². The Morgan fingerprint density at radius 3 is 2.37 bits per heavy atom. The Kier molecular flexibility index (Phi) is 5.74. The van der Waals surface area contributed by atoms with Crippen LogP contribution in [0.3, 0.4) is 0 Å². The summed E-state index contributed by atoms with van der Waals surface area (Å²) in [5.41, 5.74) is 3.27. The third-order valence-corrected chi connectivity index (χ3v) is 4.99. The van der Waals surface area contributed by atoms with E-state index >= 15 is 0 Å². The Morgan fingerprint density at radius 1 is 1.00 bits per heavy atom. The first-order chi connectivity index (χ1) is 13.0. The van der Waals surface area contributed by atoms with Crippen molar-refractivity contribution in [1.29, 1.82) is 0 Å². The maximum absolute atomic E-state index is 13.9. The van der Waals surface area contributed by atoms with Crippen LogP contribution in [0, 0.1) is 19.7 Å². The van der Waals surface area contributed by atoms with E-state index < -0.39 is 0 Å². The molecule has 0 saturated carbocycles. The van der Waals surface area contributed by atoms with Crippen LogP contribution in [0.1, 0.15) is 21.5 Å². The van der Waals surface area contributed by atoms with Crippen molar-refractivity contribution in [2.75, 3.05) is 37.6 Å². The second-order valence-electron chi connectivity index (χ2n) is 6.80. The first-order valence-electron chi connectivity index (χ1n) is 9.08. The van der Waals surface area contributed by atoms with Crippen LogP contribution in [0.5, 0.6) is 0 Å². The molecular formula is C21H24FN3O2. The lowest BCUT2D eigenvalue weighted by Gasteiger charge is -2.36. The molecule has 2 aromatic carbocycles. The summed E-state index contributed by atoms with van der Waals surface area (Å²) >= 11 is 0. The van der Waals surface area contributed by atoms with E-state index in [1.165, 1.54) is 6.07 Å². The zero-order valence-corrected chi connectivity index (χ0v) is 15.7. The fourth-order valence-corrected chi connectivity index (χ4v) is 3.16. The van der Waals surface area contributed by atoms with Crippen molar-refractivity contribution < 1.29 is 14.0 Å². The molecule has 0 aromatic heterocycles. The Morgan fingerprint density at radius 2 is 1.70 bits per heavy atom. The molecule has 0 radical (unpaired) electrons. The fraction of sp³-hybridized carbons (Fsp3) is 0.333. The number of hydrogen-bond donors (Lipinski definition) is 1. The van der Waals surface area contributed by atoms with Crippen molar-refractivity contribution in [3.8, 4) is 0 Å². The molecule has 1 heterocycles. The molecular weight excluding hydrogens is 345 g/mol. The van der Waals surface area contributed by atoms with Crippen molar-refractivity contribution in [3.05, 3.63) is 65.0 Å². The number of hydrogen-bond acceptors (Lipinski definition) is 3. The topological polar surface area (TPSA) is 52.7 Å². The van der Waals surface area contributed by atoms with E-state index in [9.17, 15) is 14.0 Å². The molecule has 1 aliphatic heterocycles. The van der Waals surface area contributed by atoms with Crippen LogP contribution in [0.2, 0.25) is 0 Å². The highest BCUT2D eigenvalue weighted by Crippen LogP contribution is 2.20. The van der Waals surface area contributed by atoms with Gasteiger partial charge in [-0.15, -0.1) is 0 Å². The minimum absolute atomic E-state index is 0.0363. The lowest BCUT2D eigenvalue weighted by molar-refractivity contribution is -0.130. The number of nitrogens with zero attached hydrogens (tertiary/aromatic N) is 2. The molecule has 0 aliphatic carbocycles. The average molecular weight is 369 g/mol. The largest absolute Gasteiger partial charge is 0.366 e. The van der Waals surface area contributed by atoms with Gasteiger partial charge in [-0.25, -0.2) is 4.39 Å². The second kappa shape index (κ2) is 8.20. The lowest BCUT2D eigenvalue weighted by Crippen LogP contribution is -2.51. The van der Waals surface area contributed by atoms with Gasteiger partial charge in [-0.2, -0.15) is 0 Å². The van der Waals surface area contributed by atoms with E-state index in [0.717, 1.165) is 11.1 Å². The van der Waals surface area contributed by atoms with Crippen LogP contribution in [0.25, 0.3) is 0 Å². The minimum atomic E-state index is -0.253. The number of amides is 2. The van der Waals surface area contributed by atoms with Crippen LogP contribution in [-0.2, 0) is 4.79 Å². The molecule has 0 unspecified atom stereocenters. The SMILES string of the molecule is Cc1ccc(C(=O)NCC(=O)N2CCN(c3ccccc3F)CC2)cc1C. The highest BCUT2D eigenvalue weighted by Gasteiger charge is 2.23. The Bertz CT molecular complexity index is 845. The number of rotatable bonds is 4. The smallest absolute Gasteiger partial charge is 0.251 e. The van der Waals surface area contributed by atoms with E-state index in [2.05, 4.69) is 5.32 Å². The molecule has 1 saturated heterocycles. The zero-order chi connectivity index (χ0) is 19.4. The number of aryl methyl sites for hydroxylation is 2. The molecule has 1 aliphatic rings. The maximum Gasteiger partial charge on any atom is 0.251 e. The van der Waals surface area contributed by atoms with Gasteiger partial charge in [0.1, 0.15) is 5.82 Å². The summed E-state index contributed by atoms with van der Waals surface area (Å²) < 4.78 is 13.9. The second-order valence-corrected chi connectivity index (χ2v) is 6.80. The predicted molar refractivity (Wildman–Crippen MR) is 103 cm³/mol. The number of anilines is 1. The maximum atomic E-state index is 13.9. The van der Waals surface area contributed by atoms with Crippen LogP contribution in [0.15, 0.2) is 42.5 Å². The Labute approximate surface area is 158 Å². The molecule has 2 amide bonds. The summed E-state index contributed by atoms with van der Waals surface area (Å²) in [6.07, 6.45) is 0. The molecule has 5 nitrogen and oxygen atoms in total. The summed E-state index contributed by atoms with van der Waals surface area (Å²) in [4.78, 5) is 28.3. The van der Waals surface area contributed by atoms with Gasteiger partial charge in [0.05, 0.1) is 12.2 Å². The summed E-state index contributed by atoms with van der Waals surface area (Å²) in [6.45, 7) is 6.05. The van der Waals surface area contributed by atoms with Crippen molar-refractivity contribution in [2.24, 2.45) is 0 Å². The van der Waals surface area contributed by atoms with Crippen molar-refractivity contribution in [1.82, 2.24) is 10.2 Å². The molecule has 2 aromatic rings. The van der Waals surface area contributed by atoms with E-state index in [1.54, 1.807) is 29.2 Å². The lowest BCUT2D eigenvalue weighted by atomic mass is 10.1. The van der Waals surface area contributed by atoms with Gasteiger partial charge in [-0.1, -0.05) is 18.2 Å². The van der Waals surface area contributed by atoms with Gasteiger partial charge in [0.25, 0.3) is 5.91 Å². The molecule has 0 atom stereocenters. The minimum Gasteiger partial charge on any atom is -0.366 e. The normalized spacial score (nSPS) is 14.2. The van der Waals surface area contributed by atoms with Gasteiger partial charge >= 0.3 is 0 Å². The average Bonchev–Trinajstić information content (AvgIpc) is 2.68. The number of para-hydroxylation sites is 1. The van der Waals surface area contributed by atoms with Crippen LogP contribution >= 0.6 is 0 Å². The number of piperazine rings is 1. The molecule has 1 N–H and O–H groups in total. The molecule has 27 heavy (non-hydrogen) atoms. The molecule has 1 fully saturated rings. The summed E-state index contributed by atoms with van der Waals surface area (Å²) in [5, 5.41) is 2.69. The van der Waals surface area contributed by atoms with Gasteiger partial charge in [-0.3, -0.25) is 9.59 Å². The summed E-state index contributed by atoms with van der Waals surface area (Å²) in [6, 6.07) is 12.1. The number of benzene rings is 2. The summed E-state index contributed by atoms with van der Waals surface area (Å²) in [5.74, 6) is -0.630. The highest BCUT2D eigenvalue weighted by atomic mass is 19.1. The molecule has 6 heteroatoms. The first kappa shape index (κ1) is 18.9. The third kappa shape index (κ3) is 4.45. The first-order valence-corrected chi connectivity index (χ1v) is 9.08. The van der Waals surface area contributed by atoms with E-state index in [4.69, 9.17) is 0 Å². The highest BCUT2D eigenvalue weighted by molar-refractivity contribution is 5.96. The van der Waals surface area contributed by atoms with Crippen LogP contribution in [-0.4, -0.2) is 49.4 Å². The van der Waals surface area contributed by atoms with Gasteiger partial charge in [-0.05, 0) is 49.2 Å². The van der Waals surface area contributed by atoms with Gasteiger partial charge in [0, 0.05) is 31.7 Å². The number of carbonyl (C=O) groups is 2. The fourth-order valence-electron chi connectivity index (χ4n) is 3.16. The standard InChI is InChI=1S/C21H24FN3O2/c1-15-7-8-17(13-16(15)2)21(27)23-14-20(26)25-11-9-24(10-12-25)19-6-4-3-5-18(19)22/h3-8,13H,9-12,14H2,1-2H3,(H,23,27). The van der Waals surface area contributed by atoms with Crippen LogP contribution in [0.4, 0.5) is 10.1 Å². The quantitative estimate of drug-likeness (QED) is 0.901. The molecule has 142 valence electrons. The van der Waals surface area contributed by atoms with Crippen molar-refractivity contribution in [2.45, 2.75) is 13.8 Å². The Balaban J connectivity index is 1.50. The van der Waals surface area contributed by atoms with Gasteiger partial charge < -0.3 is 15.1 Å². The number of carbonyl (C=O) groups excluding carboxylic acids is 2. The number of nitrogens with one attached hydrogen (secondary N) is 1. The molecule has 0 spiro atoms. The predicted octanol–water partition coefficient (Wildman–Crippen LogP) is 2.52. The van der Waals surface area contributed by atoms with E-state index in [1.807, 2.05) is 30.9 Å². The third-order valence-electron chi connectivity index (χ3n) is 4.99. The van der Waals surface area contributed by atoms with Gasteiger partial charge in [0.15, 0.2) is 0 Å². The molecule has 3 rings (SSSR count). The van der Waals surface area contributed by atoms with E-state index in [0.29, 0.717) is 37.4 Å². The summed E-state index contributed by atoms with van der Waals surface area (Å²) in [7, 11) is 0. The Hall–Kier alpha value is -2.89. The monoisotopic (exact) mass is 369 g/mol. The van der Waals surface area contributed by atoms with Crippen molar-refractivity contribution in [3.63, 3.8) is 0 Å². The number of halogens is 1. The van der Waals surface area contributed by atoms with Gasteiger partial charge in [0.2, 0.25) is 5.91 Å². The van der Waals surface area contributed by atoms with E-state index in [-0.39, 0.29) is 24.2 Å².